The number of Topliss-reactive ketones (excluding diaryl/α,β-unsaturated/α-hetero) is 1. The number of carbonyl (C=O) groups excluding carboxylic acids is 3. The first-order chi connectivity index (χ1) is 24.6. The summed E-state index contributed by atoms with van der Waals surface area (Å²) in [4.78, 5) is 49.3. The number of amides is 2. The minimum absolute atomic E-state index is 0.0614. The topological polar surface area (TPSA) is 132 Å². The molecule has 2 amide bonds. The van der Waals surface area contributed by atoms with E-state index in [0.717, 1.165) is 53.6 Å². The number of aromatic nitrogens is 1. The number of benzene rings is 1. The summed E-state index contributed by atoms with van der Waals surface area (Å²) >= 11 is 0. The van der Waals surface area contributed by atoms with Gasteiger partial charge in [-0.3, -0.25) is 19.1 Å². The summed E-state index contributed by atoms with van der Waals surface area (Å²) in [6, 6.07) is 5.03. The maximum Gasteiger partial charge on any atom is 0.240 e. The van der Waals surface area contributed by atoms with Crippen LogP contribution >= 0.6 is 0 Å². The van der Waals surface area contributed by atoms with E-state index in [0.29, 0.717) is 44.3 Å². The van der Waals surface area contributed by atoms with E-state index in [2.05, 4.69) is 31.7 Å². The number of unbranched alkanes of at least 4 members (excludes halogenated alkanes) is 3. The van der Waals surface area contributed by atoms with Gasteiger partial charge in [-0.2, -0.15) is 0 Å². The second-order valence-corrected chi connectivity index (χ2v) is 18.6. The molecule has 10 nitrogen and oxygen atoms in total. The van der Waals surface area contributed by atoms with Crippen LogP contribution < -0.4 is 14.2 Å². The van der Waals surface area contributed by atoms with E-state index in [1.54, 1.807) is 25.0 Å². The van der Waals surface area contributed by atoms with Crippen molar-refractivity contribution in [3.63, 3.8) is 0 Å². The van der Waals surface area contributed by atoms with Crippen molar-refractivity contribution < 1.29 is 32.3 Å². The number of hydrogen-bond donors (Lipinski definition) is 1. The molecule has 1 saturated heterocycles. The van der Waals surface area contributed by atoms with Crippen molar-refractivity contribution in [3.8, 4) is 11.5 Å². The molecule has 0 radical (unpaired) electrons. The Hall–Kier alpha value is -3.73. The van der Waals surface area contributed by atoms with E-state index in [-0.39, 0.29) is 48.8 Å². The van der Waals surface area contributed by atoms with Crippen molar-refractivity contribution >= 4 is 38.5 Å². The maximum absolute atomic E-state index is 14.6. The number of nitrogens with zero attached hydrogens (tertiary/aromatic N) is 2. The lowest BCUT2D eigenvalue weighted by Gasteiger charge is -2.37. The van der Waals surface area contributed by atoms with Crippen LogP contribution in [0.15, 0.2) is 43.5 Å². The Morgan fingerprint density at radius 2 is 1.87 bits per heavy atom. The number of rotatable bonds is 16. The average molecular weight is 734 g/mol. The van der Waals surface area contributed by atoms with Crippen LogP contribution in [0.1, 0.15) is 115 Å². The first-order valence-electron chi connectivity index (χ1n) is 19.0. The molecule has 1 aromatic carbocycles. The Labute approximate surface area is 308 Å². The summed E-state index contributed by atoms with van der Waals surface area (Å²) in [6.45, 7) is 15.6. The molecule has 2 aromatic rings. The van der Waals surface area contributed by atoms with Gasteiger partial charge in [0.05, 0.1) is 41.1 Å². The summed E-state index contributed by atoms with van der Waals surface area (Å²) in [6.07, 6.45) is 10.7. The van der Waals surface area contributed by atoms with Gasteiger partial charge < -0.3 is 14.4 Å². The number of pyridine rings is 1. The molecule has 3 heterocycles. The predicted octanol–water partition coefficient (Wildman–Crippen LogP) is 6.95. The number of fused-ring (bicyclic) bond motifs is 3. The van der Waals surface area contributed by atoms with Gasteiger partial charge >= 0.3 is 0 Å². The van der Waals surface area contributed by atoms with Crippen molar-refractivity contribution in [2.45, 2.75) is 127 Å². The minimum Gasteiger partial charge on any atom is -0.497 e. The van der Waals surface area contributed by atoms with Gasteiger partial charge in [-0.1, -0.05) is 45.8 Å². The number of carbonyl (C=O) groups is 3. The molecule has 11 heteroatoms. The SMILES string of the molecule is C=CCCCCC[C@H](C)C(=O)N1C[C@@]2(CCc3c(c(C(C)C)nc4ccc(OC)cc34)O2)C[C@H]1C(=O)C[C@]1(C(=O)NS(=O)(=O)C2(C)CC2)C[C@H]1C=C. The zero-order valence-electron chi connectivity index (χ0n) is 31.5. The molecule has 282 valence electrons. The quantitative estimate of drug-likeness (QED) is 0.145. The largest absolute Gasteiger partial charge is 0.497 e. The molecule has 5 atom stereocenters. The van der Waals surface area contributed by atoms with E-state index < -0.39 is 37.7 Å². The second-order valence-electron chi connectivity index (χ2n) is 16.4. The Bertz CT molecular complexity index is 1890. The predicted molar refractivity (Wildman–Crippen MR) is 202 cm³/mol. The molecule has 3 fully saturated rings. The third-order valence-corrected chi connectivity index (χ3v) is 14.3. The van der Waals surface area contributed by atoms with Crippen molar-refractivity contribution in [1.29, 1.82) is 0 Å². The molecule has 52 heavy (non-hydrogen) atoms. The molecule has 4 aliphatic rings. The molecule has 2 aliphatic carbocycles. The highest BCUT2D eigenvalue weighted by Gasteiger charge is 2.63. The van der Waals surface area contributed by atoms with Gasteiger partial charge in [-0.25, -0.2) is 13.4 Å². The number of aryl methyl sites for hydroxylation is 1. The van der Waals surface area contributed by atoms with Crippen LogP contribution in [0.3, 0.4) is 0 Å². The summed E-state index contributed by atoms with van der Waals surface area (Å²) < 4.78 is 40.1. The number of nitrogens with one attached hydrogen (secondary N) is 1. The molecule has 1 spiro atoms. The molecule has 2 saturated carbocycles. The monoisotopic (exact) mass is 733 g/mol. The molecule has 0 unspecified atom stereocenters. The van der Waals surface area contributed by atoms with Crippen molar-refractivity contribution in [2.24, 2.45) is 17.3 Å². The standard InChI is InChI=1S/C41H55N3O7S/c1-8-10-11-12-13-14-27(5)37(46)44-25-40(18-17-30-31-21-29(50-7)15-16-32(31)42-35(26(3)4)36(30)51-40)23-33(44)34(45)24-41(22-28(41)9-2)38(47)43-52(48,49)39(6)19-20-39/h8-9,15-16,21,26-28,33H,1-2,10-14,17-20,22-25H2,3-7H3,(H,43,47)/t27-,28+,33-,40+,41+/m0/s1. The highest BCUT2D eigenvalue weighted by molar-refractivity contribution is 7.91. The van der Waals surface area contributed by atoms with Gasteiger partial charge in [0.1, 0.15) is 17.1 Å². The molecule has 1 aromatic heterocycles. The normalized spacial score (nSPS) is 26.4. The number of allylic oxidation sites excluding steroid dienone is 2. The van der Waals surface area contributed by atoms with Crippen LogP contribution in [-0.2, 0) is 30.8 Å². The maximum atomic E-state index is 14.6. The van der Waals surface area contributed by atoms with E-state index in [4.69, 9.17) is 14.5 Å². The fourth-order valence-corrected chi connectivity index (χ4v) is 9.60. The fourth-order valence-electron chi connectivity index (χ4n) is 8.26. The summed E-state index contributed by atoms with van der Waals surface area (Å²) in [5, 5.41) is 0.962. The molecular formula is C41H55N3O7S. The Morgan fingerprint density at radius 3 is 2.50 bits per heavy atom. The third-order valence-electron chi connectivity index (χ3n) is 12.2. The zero-order valence-corrected chi connectivity index (χ0v) is 32.3. The van der Waals surface area contributed by atoms with Crippen LogP contribution in [0.2, 0.25) is 0 Å². The Balaban J connectivity index is 1.30. The van der Waals surface area contributed by atoms with Crippen LogP contribution in [-0.4, -0.2) is 65.9 Å². The first-order valence-corrected chi connectivity index (χ1v) is 20.4. The van der Waals surface area contributed by atoms with Gasteiger partial charge in [-0.15, -0.1) is 13.2 Å². The lowest BCUT2D eigenvalue weighted by atomic mass is 9.84. The highest BCUT2D eigenvalue weighted by atomic mass is 32.2. The second kappa shape index (κ2) is 14.3. The number of sulfonamides is 1. The smallest absolute Gasteiger partial charge is 0.240 e. The van der Waals surface area contributed by atoms with Crippen LogP contribution in [0.25, 0.3) is 10.9 Å². The van der Waals surface area contributed by atoms with Gasteiger partial charge in [-0.05, 0) is 88.3 Å². The number of ether oxygens (including phenoxy) is 2. The van der Waals surface area contributed by atoms with E-state index >= 15 is 0 Å². The molecule has 1 N–H and O–H groups in total. The Morgan fingerprint density at radius 1 is 1.12 bits per heavy atom. The average Bonchev–Trinajstić information content (AvgIpc) is 4.02. The van der Waals surface area contributed by atoms with E-state index in [1.165, 1.54) is 0 Å². The minimum atomic E-state index is -3.90. The van der Waals surface area contributed by atoms with E-state index in [1.807, 2.05) is 31.2 Å². The number of ketones is 1. The van der Waals surface area contributed by atoms with Gasteiger partial charge in [0.25, 0.3) is 0 Å². The highest BCUT2D eigenvalue weighted by Crippen LogP contribution is 2.58. The Kier molecular flexibility index (Phi) is 10.4. The lowest BCUT2D eigenvalue weighted by molar-refractivity contribution is -0.142. The van der Waals surface area contributed by atoms with Crippen molar-refractivity contribution in [2.75, 3.05) is 13.7 Å². The van der Waals surface area contributed by atoms with Crippen LogP contribution in [0, 0.1) is 17.3 Å². The summed E-state index contributed by atoms with van der Waals surface area (Å²) in [5.74, 6) is -0.155. The summed E-state index contributed by atoms with van der Waals surface area (Å²) in [7, 11) is -2.26. The van der Waals surface area contributed by atoms with Crippen LogP contribution in [0.5, 0.6) is 11.5 Å². The fraction of sp³-hybridized carbons (Fsp3) is 0.610. The number of hydrogen-bond acceptors (Lipinski definition) is 8. The lowest BCUT2D eigenvalue weighted by Crippen LogP contribution is -2.47. The van der Waals surface area contributed by atoms with Crippen molar-refractivity contribution in [3.05, 3.63) is 54.8 Å². The summed E-state index contributed by atoms with van der Waals surface area (Å²) in [5.41, 5.74) is 0.701. The first kappa shape index (κ1) is 38.0. The van der Waals surface area contributed by atoms with Gasteiger partial charge in [0, 0.05) is 29.7 Å². The third kappa shape index (κ3) is 7.01. The zero-order chi connectivity index (χ0) is 37.6. The molecule has 2 aliphatic heterocycles. The van der Waals surface area contributed by atoms with Crippen LogP contribution in [0.4, 0.5) is 0 Å². The van der Waals surface area contributed by atoms with Gasteiger partial charge in [0.2, 0.25) is 21.8 Å². The number of methoxy groups -OCH3 is 1. The van der Waals surface area contributed by atoms with Gasteiger partial charge in [0.15, 0.2) is 5.78 Å². The van der Waals surface area contributed by atoms with E-state index in [9.17, 15) is 22.8 Å². The molecular weight excluding hydrogens is 679 g/mol. The molecule has 0 bridgehead atoms. The molecule has 6 rings (SSSR count). The van der Waals surface area contributed by atoms with Crippen molar-refractivity contribution in [1.82, 2.24) is 14.6 Å². The number of likely N-dealkylation sites (tertiary alicyclic amines) is 1.